The van der Waals surface area contributed by atoms with Crippen molar-refractivity contribution < 1.29 is 32.2 Å². The second-order valence-corrected chi connectivity index (χ2v) is 12.7. The molecule has 232 valence electrons. The molecule has 0 aliphatic rings. The zero-order valence-corrected chi connectivity index (χ0v) is 27.6. The Balaban J connectivity index is 2.08. The molecule has 43 heavy (non-hydrogen) atoms. The molecule has 0 saturated heterocycles. The minimum Gasteiger partial charge on any atom is -0.494 e. The van der Waals surface area contributed by atoms with Crippen molar-refractivity contribution in [1.29, 1.82) is 0 Å². The van der Waals surface area contributed by atoms with Crippen LogP contribution >= 0.6 is 15.9 Å². The van der Waals surface area contributed by atoms with Crippen LogP contribution in [0.3, 0.4) is 0 Å². The van der Waals surface area contributed by atoms with Crippen LogP contribution in [0.1, 0.15) is 33.3 Å². The molecule has 0 saturated carbocycles. The van der Waals surface area contributed by atoms with Crippen molar-refractivity contribution in [3.63, 3.8) is 0 Å². The first kappa shape index (κ1) is 33.7. The lowest BCUT2D eigenvalue weighted by Gasteiger charge is -2.32. The Hall–Kier alpha value is -3.77. The van der Waals surface area contributed by atoms with Crippen LogP contribution < -0.4 is 23.8 Å². The number of hydrogen-bond donors (Lipinski definition) is 1. The minimum absolute atomic E-state index is 0.0896. The molecule has 0 spiro atoms. The Morgan fingerprint density at radius 1 is 0.907 bits per heavy atom. The van der Waals surface area contributed by atoms with E-state index < -0.39 is 28.5 Å². The summed E-state index contributed by atoms with van der Waals surface area (Å²) >= 11 is 3.41. The number of carbonyl (C=O) groups is 2. The SMILES string of the molecule is CCOc1ccc(N(CC(=O)N(Cc2ccc(Br)cc2)[C@H](C)C(=O)NC(C)C)S(=O)(=O)c2ccc(OC)c(OC)c2)cc1. The van der Waals surface area contributed by atoms with Crippen LogP contribution in [0.5, 0.6) is 17.2 Å². The van der Waals surface area contributed by atoms with Crippen molar-refractivity contribution in [2.24, 2.45) is 0 Å². The molecule has 0 aromatic heterocycles. The standard InChI is InChI=1S/C31H38BrN3O7S/c1-7-42-26-14-12-25(13-15-26)35(43(38,39)27-16-17-28(40-5)29(18-27)41-6)20-30(36)34(22(4)31(37)33-21(2)3)19-23-8-10-24(32)11-9-23/h8-18,21-22H,7,19-20H2,1-6H3,(H,33,37)/t22-/m1/s1. The summed E-state index contributed by atoms with van der Waals surface area (Å²) in [6.07, 6.45) is 0. The molecule has 0 fully saturated rings. The first-order valence-electron chi connectivity index (χ1n) is 13.7. The molecule has 0 aliphatic heterocycles. The maximum absolute atomic E-state index is 14.2. The molecular formula is C31H38BrN3O7S. The zero-order chi connectivity index (χ0) is 31.7. The van der Waals surface area contributed by atoms with E-state index in [4.69, 9.17) is 14.2 Å². The van der Waals surface area contributed by atoms with Crippen molar-refractivity contribution >= 4 is 43.5 Å². The van der Waals surface area contributed by atoms with E-state index in [9.17, 15) is 18.0 Å². The Morgan fingerprint density at radius 3 is 2.09 bits per heavy atom. The number of carbonyl (C=O) groups excluding carboxylic acids is 2. The van der Waals surface area contributed by atoms with E-state index in [0.717, 1.165) is 14.3 Å². The van der Waals surface area contributed by atoms with Gasteiger partial charge in [-0.3, -0.25) is 13.9 Å². The van der Waals surface area contributed by atoms with Crippen LogP contribution in [0.4, 0.5) is 5.69 Å². The van der Waals surface area contributed by atoms with Crippen molar-refractivity contribution in [2.75, 3.05) is 31.7 Å². The Labute approximate surface area is 262 Å². The molecule has 1 N–H and O–H groups in total. The van der Waals surface area contributed by atoms with Crippen LogP contribution in [0, 0.1) is 0 Å². The first-order chi connectivity index (χ1) is 20.4. The highest BCUT2D eigenvalue weighted by atomic mass is 79.9. The minimum atomic E-state index is -4.31. The van der Waals surface area contributed by atoms with E-state index in [1.807, 2.05) is 45.0 Å². The summed E-state index contributed by atoms with van der Waals surface area (Å²) in [5, 5.41) is 2.84. The summed E-state index contributed by atoms with van der Waals surface area (Å²) in [4.78, 5) is 28.4. The van der Waals surface area contributed by atoms with Gasteiger partial charge in [-0.2, -0.15) is 0 Å². The van der Waals surface area contributed by atoms with Crippen molar-refractivity contribution in [2.45, 2.75) is 51.2 Å². The van der Waals surface area contributed by atoms with Gasteiger partial charge in [0.1, 0.15) is 18.3 Å². The lowest BCUT2D eigenvalue weighted by Crippen LogP contribution is -2.52. The molecule has 3 aromatic rings. The molecule has 0 aliphatic carbocycles. The number of methoxy groups -OCH3 is 2. The first-order valence-corrected chi connectivity index (χ1v) is 16.0. The van der Waals surface area contributed by atoms with Gasteiger partial charge in [0.05, 0.1) is 31.4 Å². The lowest BCUT2D eigenvalue weighted by molar-refractivity contribution is -0.139. The zero-order valence-electron chi connectivity index (χ0n) is 25.2. The van der Waals surface area contributed by atoms with Crippen molar-refractivity contribution in [3.8, 4) is 17.2 Å². The third-order valence-electron chi connectivity index (χ3n) is 6.52. The quantitative estimate of drug-likeness (QED) is 0.256. The second kappa shape index (κ2) is 15.1. The predicted octanol–water partition coefficient (Wildman–Crippen LogP) is 5.00. The number of halogens is 1. The maximum atomic E-state index is 14.2. The number of ether oxygens (including phenoxy) is 3. The van der Waals surface area contributed by atoms with E-state index in [1.165, 1.54) is 37.3 Å². The predicted molar refractivity (Wildman–Crippen MR) is 169 cm³/mol. The Morgan fingerprint density at radius 2 is 1.53 bits per heavy atom. The number of nitrogens with zero attached hydrogens (tertiary/aromatic N) is 2. The van der Waals surface area contributed by atoms with E-state index >= 15 is 0 Å². The van der Waals surface area contributed by atoms with Gasteiger partial charge in [-0.15, -0.1) is 0 Å². The topological polar surface area (TPSA) is 114 Å². The summed E-state index contributed by atoms with van der Waals surface area (Å²) in [5.41, 5.74) is 1.02. The number of benzene rings is 3. The van der Waals surface area contributed by atoms with Crippen LogP contribution in [-0.2, 0) is 26.2 Å². The highest BCUT2D eigenvalue weighted by Crippen LogP contribution is 2.33. The highest BCUT2D eigenvalue weighted by molar-refractivity contribution is 9.10. The number of rotatable bonds is 14. The molecule has 3 rings (SSSR count). The van der Waals surface area contributed by atoms with Gasteiger partial charge in [-0.1, -0.05) is 28.1 Å². The summed E-state index contributed by atoms with van der Waals surface area (Å²) < 4.78 is 46.3. The Bertz CT molecular complexity index is 1500. The molecule has 0 heterocycles. The van der Waals surface area contributed by atoms with Gasteiger partial charge < -0.3 is 24.4 Å². The summed E-state index contributed by atoms with van der Waals surface area (Å²) in [6, 6.07) is 17.0. The van der Waals surface area contributed by atoms with E-state index in [2.05, 4.69) is 21.2 Å². The van der Waals surface area contributed by atoms with Gasteiger partial charge in [0.25, 0.3) is 10.0 Å². The molecule has 0 bridgehead atoms. The van der Waals surface area contributed by atoms with Gasteiger partial charge in [0.2, 0.25) is 11.8 Å². The van der Waals surface area contributed by atoms with Crippen LogP contribution in [0.2, 0.25) is 0 Å². The van der Waals surface area contributed by atoms with E-state index in [1.54, 1.807) is 31.2 Å². The van der Waals surface area contributed by atoms with Crippen LogP contribution in [0.15, 0.2) is 76.1 Å². The van der Waals surface area contributed by atoms with E-state index in [-0.39, 0.29) is 34.8 Å². The third kappa shape index (κ3) is 8.64. The van der Waals surface area contributed by atoms with Crippen molar-refractivity contribution in [3.05, 3.63) is 76.8 Å². The number of sulfonamides is 1. The average Bonchev–Trinajstić information content (AvgIpc) is 2.98. The lowest BCUT2D eigenvalue weighted by atomic mass is 10.1. The molecule has 12 heteroatoms. The molecular weight excluding hydrogens is 638 g/mol. The van der Waals surface area contributed by atoms with Gasteiger partial charge in [-0.05, 0) is 81.8 Å². The number of hydrogen-bond acceptors (Lipinski definition) is 7. The maximum Gasteiger partial charge on any atom is 0.264 e. The molecule has 0 unspecified atom stereocenters. The van der Waals surface area contributed by atoms with Gasteiger partial charge in [-0.25, -0.2) is 8.42 Å². The largest absolute Gasteiger partial charge is 0.494 e. The average molecular weight is 677 g/mol. The molecule has 2 amide bonds. The van der Waals surface area contributed by atoms with Crippen LogP contribution in [-0.4, -0.2) is 64.6 Å². The van der Waals surface area contributed by atoms with Gasteiger partial charge in [0, 0.05) is 23.1 Å². The summed E-state index contributed by atoms with van der Waals surface area (Å²) in [7, 11) is -1.45. The Kier molecular flexibility index (Phi) is 11.8. The molecule has 3 aromatic carbocycles. The fourth-order valence-corrected chi connectivity index (χ4v) is 5.98. The number of nitrogens with one attached hydrogen (secondary N) is 1. The van der Waals surface area contributed by atoms with Gasteiger partial charge >= 0.3 is 0 Å². The smallest absolute Gasteiger partial charge is 0.264 e. The third-order valence-corrected chi connectivity index (χ3v) is 8.82. The summed E-state index contributed by atoms with van der Waals surface area (Å²) in [6.45, 7) is 7.08. The molecule has 0 radical (unpaired) electrons. The van der Waals surface area contributed by atoms with Crippen LogP contribution in [0.25, 0.3) is 0 Å². The fourth-order valence-electron chi connectivity index (χ4n) is 4.28. The van der Waals surface area contributed by atoms with Gasteiger partial charge in [0.15, 0.2) is 11.5 Å². The molecule has 10 nitrogen and oxygen atoms in total. The number of amides is 2. The second-order valence-electron chi connectivity index (χ2n) is 9.94. The monoisotopic (exact) mass is 675 g/mol. The normalized spacial score (nSPS) is 11.9. The van der Waals surface area contributed by atoms with Crippen molar-refractivity contribution in [1.82, 2.24) is 10.2 Å². The summed E-state index contributed by atoms with van der Waals surface area (Å²) in [5.74, 6) is 0.216. The van der Waals surface area contributed by atoms with E-state index in [0.29, 0.717) is 18.1 Å². The molecule has 1 atom stereocenters. The highest BCUT2D eigenvalue weighted by Gasteiger charge is 2.33. The number of anilines is 1. The fraction of sp³-hybridized carbons (Fsp3) is 0.355.